The molecular formula is C11H9ClN2O3. The van der Waals surface area contributed by atoms with E-state index in [9.17, 15) is 14.4 Å². The Morgan fingerprint density at radius 3 is 2.65 bits per heavy atom. The molecule has 2 rings (SSSR count). The van der Waals surface area contributed by atoms with Crippen LogP contribution in [0.3, 0.4) is 0 Å². The Hall–Kier alpha value is -1.88. The van der Waals surface area contributed by atoms with Crippen molar-refractivity contribution < 1.29 is 14.4 Å². The first kappa shape index (κ1) is 11.6. The third kappa shape index (κ3) is 1.68. The number of rotatable bonds is 1. The molecule has 0 saturated heterocycles. The number of benzene rings is 1. The Morgan fingerprint density at radius 2 is 2.06 bits per heavy atom. The number of nitrogens with zero attached hydrogens (tertiary/aromatic N) is 1. The highest BCUT2D eigenvalue weighted by atomic mass is 35.5. The summed E-state index contributed by atoms with van der Waals surface area (Å²) < 4.78 is 0. The van der Waals surface area contributed by atoms with Gasteiger partial charge in [0, 0.05) is 17.6 Å². The summed E-state index contributed by atoms with van der Waals surface area (Å²) in [5, 5.41) is 0.364. The summed E-state index contributed by atoms with van der Waals surface area (Å²) in [6, 6.07) is 4.43. The molecule has 0 radical (unpaired) electrons. The van der Waals surface area contributed by atoms with Gasteiger partial charge in [-0.2, -0.15) is 0 Å². The normalized spacial score (nSPS) is 19.2. The second-order valence-electron chi connectivity index (χ2n) is 3.77. The lowest BCUT2D eigenvalue weighted by Gasteiger charge is -2.28. The van der Waals surface area contributed by atoms with Gasteiger partial charge in [0.15, 0.2) is 0 Å². The molecule has 1 unspecified atom stereocenters. The summed E-state index contributed by atoms with van der Waals surface area (Å²) in [4.78, 5) is 35.8. The average molecular weight is 253 g/mol. The van der Waals surface area contributed by atoms with Gasteiger partial charge in [-0.25, -0.2) is 0 Å². The number of fused-ring (bicyclic) bond motifs is 1. The standard InChI is InChI=1S/C11H9ClN2O3/c1-14-10(16)7-4-5(12)2-3-6(7)8(9(13)15)11(14)17/h2-4,8H,1H3,(H2,13,15). The number of primary amides is 1. The first-order chi connectivity index (χ1) is 7.93. The number of amides is 3. The summed E-state index contributed by atoms with van der Waals surface area (Å²) in [6.07, 6.45) is 0. The van der Waals surface area contributed by atoms with Gasteiger partial charge in [0.25, 0.3) is 5.91 Å². The lowest BCUT2D eigenvalue weighted by molar-refractivity contribution is -0.135. The van der Waals surface area contributed by atoms with Crippen LogP contribution in [0.2, 0.25) is 5.02 Å². The summed E-state index contributed by atoms with van der Waals surface area (Å²) in [7, 11) is 1.31. The fourth-order valence-corrected chi connectivity index (χ4v) is 2.02. The van der Waals surface area contributed by atoms with E-state index in [2.05, 4.69) is 0 Å². The molecule has 0 aromatic heterocycles. The fourth-order valence-electron chi connectivity index (χ4n) is 1.85. The molecule has 1 aromatic carbocycles. The second-order valence-corrected chi connectivity index (χ2v) is 4.21. The van der Waals surface area contributed by atoms with Crippen molar-refractivity contribution in [1.82, 2.24) is 4.90 Å². The molecule has 0 saturated carbocycles. The van der Waals surface area contributed by atoms with Gasteiger partial charge in [-0.05, 0) is 17.7 Å². The van der Waals surface area contributed by atoms with Crippen LogP contribution in [-0.4, -0.2) is 29.7 Å². The largest absolute Gasteiger partial charge is 0.369 e. The van der Waals surface area contributed by atoms with E-state index >= 15 is 0 Å². The van der Waals surface area contributed by atoms with Gasteiger partial charge in [-0.3, -0.25) is 19.3 Å². The predicted octanol–water partition coefficient (Wildman–Crippen LogP) is 0.521. The number of nitrogens with two attached hydrogens (primary N) is 1. The highest BCUT2D eigenvalue weighted by Crippen LogP contribution is 2.30. The van der Waals surface area contributed by atoms with Crippen molar-refractivity contribution in [3.05, 3.63) is 34.3 Å². The molecule has 17 heavy (non-hydrogen) atoms. The number of hydrogen-bond donors (Lipinski definition) is 1. The molecule has 2 N–H and O–H groups in total. The third-order valence-electron chi connectivity index (χ3n) is 2.72. The van der Waals surface area contributed by atoms with E-state index < -0.39 is 23.6 Å². The minimum Gasteiger partial charge on any atom is -0.369 e. The van der Waals surface area contributed by atoms with Crippen LogP contribution in [0.4, 0.5) is 0 Å². The van der Waals surface area contributed by atoms with Crippen molar-refractivity contribution in [2.24, 2.45) is 5.73 Å². The van der Waals surface area contributed by atoms with Gasteiger partial charge in [0.1, 0.15) is 5.92 Å². The lowest BCUT2D eigenvalue weighted by atomic mass is 9.88. The minimum atomic E-state index is -1.12. The Balaban J connectivity index is 2.68. The van der Waals surface area contributed by atoms with Gasteiger partial charge >= 0.3 is 0 Å². The maximum Gasteiger partial charge on any atom is 0.260 e. The number of halogens is 1. The molecule has 0 fully saturated rings. The van der Waals surface area contributed by atoms with E-state index in [1.165, 1.54) is 25.2 Å². The van der Waals surface area contributed by atoms with Crippen molar-refractivity contribution in [2.45, 2.75) is 5.92 Å². The fraction of sp³-hybridized carbons (Fsp3) is 0.182. The molecule has 1 aromatic rings. The number of carbonyl (C=O) groups excluding carboxylic acids is 3. The summed E-state index contributed by atoms with van der Waals surface area (Å²) >= 11 is 5.78. The Labute approximate surface area is 102 Å². The molecule has 1 heterocycles. The zero-order valence-corrected chi connectivity index (χ0v) is 9.69. The monoisotopic (exact) mass is 252 g/mol. The van der Waals surface area contributed by atoms with E-state index in [0.29, 0.717) is 10.6 Å². The minimum absolute atomic E-state index is 0.239. The summed E-state index contributed by atoms with van der Waals surface area (Å²) in [6.45, 7) is 0. The Morgan fingerprint density at radius 1 is 1.41 bits per heavy atom. The molecule has 1 aliphatic rings. The van der Waals surface area contributed by atoms with Crippen LogP contribution in [-0.2, 0) is 9.59 Å². The van der Waals surface area contributed by atoms with E-state index in [1.54, 1.807) is 0 Å². The molecule has 3 amide bonds. The first-order valence-corrected chi connectivity index (χ1v) is 5.22. The van der Waals surface area contributed by atoms with Gasteiger partial charge in [0.2, 0.25) is 11.8 Å². The molecule has 0 bridgehead atoms. The van der Waals surface area contributed by atoms with E-state index in [4.69, 9.17) is 17.3 Å². The second kappa shape index (κ2) is 3.85. The molecule has 1 aliphatic heterocycles. The average Bonchev–Trinajstić information content (AvgIpc) is 2.27. The van der Waals surface area contributed by atoms with Crippen molar-refractivity contribution in [1.29, 1.82) is 0 Å². The van der Waals surface area contributed by atoms with Gasteiger partial charge < -0.3 is 5.73 Å². The molecule has 0 spiro atoms. The zero-order chi connectivity index (χ0) is 12.7. The van der Waals surface area contributed by atoms with Crippen LogP contribution < -0.4 is 5.73 Å². The number of imide groups is 1. The van der Waals surface area contributed by atoms with Gasteiger partial charge in [-0.1, -0.05) is 17.7 Å². The molecule has 0 aliphatic carbocycles. The van der Waals surface area contributed by atoms with Crippen LogP contribution in [0.25, 0.3) is 0 Å². The maximum absolute atomic E-state index is 11.8. The molecule has 1 atom stereocenters. The van der Waals surface area contributed by atoms with E-state index in [0.717, 1.165) is 4.90 Å². The number of likely N-dealkylation sites (N-methyl/N-ethyl adjacent to an activating group) is 1. The van der Waals surface area contributed by atoms with Crippen molar-refractivity contribution >= 4 is 29.3 Å². The van der Waals surface area contributed by atoms with Crippen molar-refractivity contribution in [3.8, 4) is 0 Å². The van der Waals surface area contributed by atoms with Crippen LogP contribution in [0, 0.1) is 0 Å². The van der Waals surface area contributed by atoms with E-state index in [-0.39, 0.29) is 5.56 Å². The predicted molar refractivity (Wildman–Crippen MR) is 60.5 cm³/mol. The SMILES string of the molecule is CN1C(=O)c2cc(Cl)ccc2C(C(N)=O)C1=O. The van der Waals surface area contributed by atoms with Crippen molar-refractivity contribution in [2.75, 3.05) is 7.05 Å². The van der Waals surface area contributed by atoms with Crippen LogP contribution in [0.1, 0.15) is 21.8 Å². The van der Waals surface area contributed by atoms with Crippen molar-refractivity contribution in [3.63, 3.8) is 0 Å². The Bertz CT molecular complexity index is 542. The topological polar surface area (TPSA) is 80.5 Å². The smallest absolute Gasteiger partial charge is 0.260 e. The summed E-state index contributed by atoms with van der Waals surface area (Å²) in [5.74, 6) is -3.00. The number of hydrogen-bond acceptors (Lipinski definition) is 3. The molecular weight excluding hydrogens is 244 g/mol. The first-order valence-electron chi connectivity index (χ1n) is 4.84. The zero-order valence-electron chi connectivity index (χ0n) is 8.94. The maximum atomic E-state index is 11.8. The lowest BCUT2D eigenvalue weighted by Crippen LogP contribution is -2.46. The Kier molecular flexibility index (Phi) is 2.63. The highest BCUT2D eigenvalue weighted by Gasteiger charge is 2.39. The highest BCUT2D eigenvalue weighted by molar-refractivity contribution is 6.31. The summed E-state index contributed by atoms with van der Waals surface area (Å²) in [5.41, 5.74) is 5.74. The van der Waals surface area contributed by atoms with E-state index in [1.807, 2.05) is 0 Å². The molecule has 5 nitrogen and oxygen atoms in total. The van der Waals surface area contributed by atoms with Crippen LogP contribution >= 0.6 is 11.6 Å². The molecule has 6 heteroatoms. The van der Waals surface area contributed by atoms with Crippen LogP contribution in [0.5, 0.6) is 0 Å². The quantitative estimate of drug-likeness (QED) is 0.584. The van der Waals surface area contributed by atoms with Gasteiger partial charge in [0.05, 0.1) is 0 Å². The molecule has 88 valence electrons. The third-order valence-corrected chi connectivity index (χ3v) is 2.96. The number of carbonyl (C=O) groups is 3. The van der Waals surface area contributed by atoms with Crippen LogP contribution in [0.15, 0.2) is 18.2 Å². The van der Waals surface area contributed by atoms with Gasteiger partial charge in [-0.15, -0.1) is 0 Å².